The minimum Gasteiger partial charge on any atom is -0.344 e. The summed E-state index contributed by atoms with van der Waals surface area (Å²) in [6, 6.07) is 93.3. The molecular weight excluding hydrogens is 855 g/mol. The van der Waals surface area contributed by atoms with Crippen molar-refractivity contribution in [3.8, 4) is 22.5 Å². The van der Waals surface area contributed by atoms with Crippen LogP contribution in [0, 0.1) is 0 Å². The number of nitrogens with zero attached hydrogens (tertiary/aromatic N) is 7. The molecule has 11 rings (SSSR count). The molecule has 8 aromatic carbocycles. The van der Waals surface area contributed by atoms with Crippen molar-refractivity contribution in [1.29, 1.82) is 0 Å². The van der Waals surface area contributed by atoms with Crippen LogP contribution in [0.1, 0.15) is 0 Å². The average Bonchev–Trinajstić information content (AvgIpc) is 3.82. The van der Waals surface area contributed by atoms with E-state index in [2.05, 4.69) is 250 Å². The molecule has 0 aliphatic rings. The van der Waals surface area contributed by atoms with Gasteiger partial charge in [-0.2, -0.15) is 0 Å². The van der Waals surface area contributed by atoms with E-state index in [9.17, 15) is 0 Å². The van der Waals surface area contributed by atoms with Crippen molar-refractivity contribution < 1.29 is 0 Å². The minimum absolute atomic E-state index is 0.840. The molecule has 0 N–H and O–H groups in total. The van der Waals surface area contributed by atoms with Crippen molar-refractivity contribution in [2.75, 3.05) is 19.6 Å². The molecule has 0 aliphatic carbocycles. The number of aromatic nitrogens is 3. The topological polar surface area (TPSA) is 43.7 Å². The monoisotopic (exact) mass is 903 g/mol. The van der Waals surface area contributed by atoms with E-state index in [1.54, 1.807) is 0 Å². The van der Waals surface area contributed by atoms with Gasteiger partial charge in [0.1, 0.15) is 11.6 Å². The Morgan fingerprint density at radius 1 is 0.243 bits per heavy atom. The van der Waals surface area contributed by atoms with Crippen LogP contribution in [-0.4, -0.2) is 14.5 Å². The van der Waals surface area contributed by atoms with E-state index in [4.69, 9.17) is 9.97 Å². The zero-order valence-corrected chi connectivity index (χ0v) is 38.7. The van der Waals surface area contributed by atoms with Crippen molar-refractivity contribution in [2.45, 2.75) is 0 Å². The van der Waals surface area contributed by atoms with Gasteiger partial charge in [-0.15, -0.1) is 0 Å². The molecule has 11 aromatic rings. The number of hydrogen-bond donors (Lipinski definition) is 0. The predicted octanol–water partition coefficient (Wildman–Crippen LogP) is 17.0. The molecule has 0 spiro atoms. The summed E-state index contributed by atoms with van der Waals surface area (Å²) in [6.45, 7) is 0. The number of benzene rings is 8. The van der Waals surface area contributed by atoms with Crippen LogP contribution in [0.3, 0.4) is 0 Å². The molecule has 70 heavy (non-hydrogen) atoms. The van der Waals surface area contributed by atoms with Gasteiger partial charge in [0.2, 0.25) is 0 Å². The lowest BCUT2D eigenvalue weighted by Gasteiger charge is -2.28. The van der Waals surface area contributed by atoms with Crippen LogP contribution >= 0.6 is 0 Å². The fourth-order valence-corrected chi connectivity index (χ4v) is 9.16. The summed E-state index contributed by atoms with van der Waals surface area (Å²) in [5, 5.41) is 0. The summed E-state index contributed by atoms with van der Waals surface area (Å²) in [4.78, 5) is 18.6. The molecule has 3 heterocycles. The Morgan fingerprint density at radius 3 is 0.757 bits per heavy atom. The highest BCUT2D eigenvalue weighted by Crippen LogP contribution is 2.41. The summed E-state index contributed by atoms with van der Waals surface area (Å²) in [7, 11) is 2.14. The largest absolute Gasteiger partial charge is 0.344 e. The maximum atomic E-state index is 4.80. The van der Waals surface area contributed by atoms with Crippen LogP contribution in [0.2, 0.25) is 0 Å². The average molecular weight is 904 g/mol. The summed E-state index contributed by atoms with van der Waals surface area (Å²) in [5.74, 6) is 1.68. The Balaban J connectivity index is 0.859. The van der Waals surface area contributed by atoms with E-state index in [-0.39, 0.29) is 0 Å². The Bertz CT molecular complexity index is 3080. The van der Waals surface area contributed by atoms with Gasteiger partial charge in [-0.25, -0.2) is 9.97 Å². The van der Waals surface area contributed by atoms with Crippen LogP contribution in [0.25, 0.3) is 22.5 Å². The first-order chi connectivity index (χ1) is 34.7. The van der Waals surface area contributed by atoms with Gasteiger partial charge in [0.25, 0.3) is 0 Å². The number of para-hydroxylation sites is 4. The summed E-state index contributed by atoms with van der Waals surface area (Å²) >= 11 is 0. The fourth-order valence-electron chi connectivity index (χ4n) is 9.16. The van der Waals surface area contributed by atoms with Crippen molar-refractivity contribution >= 4 is 68.5 Å². The van der Waals surface area contributed by atoms with Gasteiger partial charge in [-0.1, -0.05) is 109 Å². The molecule has 7 heteroatoms. The smallest absolute Gasteiger partial charge is 0.137 e. The highest BCUT2D eigenvalue weighted by Gasteiger charge is 2.20. The SMILES string of the molecule is Cn1c(-c2ccc(N(c3ccc(N(c4ccccc4)c4ccccc4)cc3)c3ccccn3)cc2)ccc1-c1ccc(N(c2ccc(N(c3ccccc3)c3ccccc3)cc2)c2ccccn2)cc1. The lowest BCUT2D eigenvalue weighted by molar-refractivity contribution is 0.946. The van der Waals surface area contributed by atoms with E-state index >= 15 is 0 Å². The Kier molecular flexibility index (Phi) is 12.2. The van der Waals surface area contributed by atoms with Gasteiger partial charge in [-0.05, 0) is 169 Å². The standard InChI is InChI=1S/C63H49N7/c1-66-60(48-28-32-56(33-29-48)69(62-26-14-16-46-64-62)58-40-36-54(37-41-58)67(50-18-6-2-7-19-50)51-20-8-3-9-21-51)44-45-61(66)49-30-34-57(35-31-49)70(63-27-15-17-47-65-63)59-42-38-55(39-43-59)68(52-22-10-4-11-23-52)53-24-12-5-13-25-53/h2-47H,1H3. The fraction of sp³-hybridized carbons (Fsp3) is 0.0159. The Morgan fingerprint density at radius 2 is 0.486 bits per heavy atom. The number of hydrogen-bond acceptors (Lipinski definition) is 6. The lowest BCUT2D eigenvalue weighted by atomic mass is 10.1. The molecule has 0 saturated carbocycles. The number of rotatable bonds is 14. The zero-order valence-electron chi connectivity index (χ0n) is 38.7. The summed E-state index contributed by atoms with van der Waals surface area (Å²) in [5.41, 5.74) is 15.1. The van der Waals surface area contributed by atoms with E-state index < -0.39 is 0 Å². The first-order valence-electron chi connectivity index (χ1n) is 23.5. The van der Waals surface area contributed by atoms with Gasteiger partial charge in [-0.3, -0.25) is 9.80 Å². The van der Waals surface area contributed by atoms with Crippen molar-refractivity contribution in [2.24, 2.45) is 7.05 Å². The quantitative estimate of drug-likeness (QED) is 0.108. The van der Waals surface area contributed by atoms with Crippen LogP contribution in [-0.2, 0) is 7.05 Å². The third-order valence-electron chi connectivity index (χ3n) is 12.5. The predicted molar refractivity (Wildman–Crippen MR) is 291 cm³/mol. The molecule has 7 nitrogen and oxygen atoms in total. The first-order valence-corrected chi connectivity index (χ1v) is 23.5. The number of pyridine rings is 2. The molecular formula is C63H49N7. The normalized spacial score (nSPS) is 10.9. The van der Waals surface area contributed by atoms with Crippen molar-refractivity contribution in [3.63, 3.8) is 0 Å². The van der Waals surface area contributed by atoms with Gasteiger partial charge >= 0.3 is 0 Å². The van der Waals surface area contributed by atoms with E-state index in [1.165, 1.54) is 0 Å². The Hall–Kier alpha value is -9.46. The lowest BCUT2D eigenvalue weighted by Crippen LogP contribution is -2.13. The molecule has 0 aliphatic heterocycles. The maximum Gasteiger partial charge on any atom is 0.137 e. The molecule has 0 bridgehead atoms. The van der Waals surface area contributed by atoms with Crippen LogP contribution in [0.15, 0.2) is 279 Å². The molecule has 0 radical (unpaired) electrons. The van der Waals surface area contributed by atoms with E-state index in [0.717, 1.165) is 91.0 Å². The first kappa shape index (κ1) is 43.1. The van der Waals surface area contributed by atoms with Crippen molar-refractivity contribution in [1.82, 2.24) is 14.5 Å². The van der Waals surface area contributed by atoms with E-state index in [1.807, 2.05) is 60.9 Å². The highest BCUT2D eigenvalue weighted by atomic mass is 15.2. The van der Waals surface area contributed by atoms with Gasteiger partial charge < -0.3 is 14.4 Å². The molecule has 0 atom stereocenters. The van der Waals surface area contributed by atoms with Crippen LogP contribution in [0.4, 0.5) is 68.5 Å². The molecule has 0 amide bonds. The highest BCUT2D eigenvalue weighted by molar-refractivity contribution is 5.83. The third kappa shape index (κ3) is 8.90. The van der Waals surface area contributed by atoms with Gasteiger partial charge in [0, 0.05) is 87.7 Å². The van der Waals surface area contributed by atoms with E-state index in [0.29, 0.717) is 0 Å². The maximum absolute atomic E-state index is 4.80. The second-order valence-corrected chi connectivity index (χ2v) is 16.8. The molecule has 3 aromatic heterocycles. The summed E-state index contributed by atoms with van der Waals surface area (Å²) < 4.78 is 2.27. The third-order valence-corrected chi connectivity index (χ3v) is 12.5. The molecule has 0 saturated heterocycles. The van der Waals surface area contributed by atoms with Crippen LogP contribution < -0.4 is 19.6 Å². The molecule has 0 unspecified atom stereocenters. The number of anilines is 12. The Labute approximate surface area is 409 Å². The summed E-state index contributed by atoms with van der Waals surface area (Å²) in [6.07, 6.45) is 3.69. The zero-order chi connectivity index (χ0) is 47.1. The van der Waals surface area contributed by atoms with Crippen molar-refractivity contribution in [3.05, 3.63) is 279 Å². The van der Waals surface area contributed by atoms with Crippen LogP contribution in [0.5, 0.6) is 0 Å². The second-order valence-electron chi connectivity index (χ2n) is 16.8. The second kappa shape index (κ2) is 19.8. The van der Waals surface area contributed by atoms with Gasteiger partial charge in [0.15, 0.2) is 0 Å². The minimum atomic E-state index is 0.840. The van der Waals surface area contributed by atoms with Gasteiger partial charge in [0.05, 0.1) is 0 Å². The molecule has 0 fully saturated rings. The molecule has 336 valence electrons.